The van der Waals surface area contributed by atoms with Gasteiger partial charge in [0.15, 0.2) is 0 Å². The van der Waals surface area contributed by atoms with E-state index in [1.807, 2.05) is 6.92 Å². The highest BCUT2D eigenvalue weighted by molar-refractivity contribution is 5.83. The zero-order valence-corrected chi connectivity index (χ0v) is 13.4. The van der Waals surface area contributed by atoms with Crippen molar-refractivity contribution in [3.63, 3.8) is 0 Å². The van der Waals surface area contributed by atoms with Crippen molar-refractivity contribution >= 4 is 11.9 Å². The van der Waals surface area contributed by atoms with Crippen LogP contribution in [0, 0.1) is 17.6 Å². The van der Waals surface area contributed by atoms with E-state index in [9.17, 15) is 18.4 Å². The topological polar surface area (TPSA) is 69.6 Å². The maximum atomic E-state index is 13.8. The summed E-state index contributed by atoms with van der Waals surface area (Å²) in [6.07, 6.45) is 1.24. The number of likely N-dealkylation sites (tertiary alicyclic amines) is 1. The number of nitrogens with zero attached hydrogens (tertiary/aromatic N) is 1. The Morgan fingerprint density at radius 2 is 2.17 bits per heavy atom. The summed E-state index contributed by atoms with van der Waals surface area (Å²) >= 11 is 0. The van der Waals surface area contributed by atoms with Crippen LogP contribution in [0.2, 0.25) is 0 Å². The SMILES string of the molecule is C[C@]1(NCC(=O)O)CCN(C(=O)[C@@H]2C[C@@H]2c2ccc(F)cc2F)C1. The van der Waals surface area contributed by atoms with Crippen LogP contribution in [0.3, 0.4) is 0 Å². The molecule has 2 N–H and O–H groups in total. The third kappa shape index (κ3) is 3.40. The second-order valence-corrected chi connectivity index (χ2v) is 6.93. The quantitative estimate of drug-likeness (QED) is 0.858. The lowest BCUT2D eigenvalue weighted by Crippen LogP contribution is -2.47. The van der Waals surface area contributed by atoms with Gasteiger partial charge in [0.25, 0.3) is 0 Å². The Morgan fingerprint density at radius 1 is 1.42 bits per heavy atom. The van der Waals surface area contributed by atoms with Gasteiger partial charge in [-0.1, -0.05) is 6.07 Å². The average molecular weight is 338 g/mol. The molecule has 0 unspecified atom stereocenters. The van der Waals surface area contributed by atoms with Crippen LogP contribution in [-0.4, -0.2) is 47.1 Å². The zero-order valence-electron chi connectivity index (χ0n) is 13.4. The van der Waals surface area contributed by atoms with Crippen molar-refractivity contribution in [1.82, 2.24) is 10.2 Å². The van der Waals surface area contributed by atoms with Crippen molar-refractivity contribution in [1.29, 1.82) is 0 Å². The number of rotatable bonds is 5. The monoisotopic (exact) mass is 338 g/mol. The molecule has 1 heterocycles. The van der Waals surface area contributed by atoms with E-state index in [1.165, 1.54) is 12.1 Å². The number of carbonyl (C=O) groups excluding carboxylic acids is 1. The minimum Gasteiger partial charge on any atom is -0.480 e. The molecule has 3 rings (SSSR count). The Balaban J connectivity index is 1.60. The summed E-state index contributed by atoms with van der Waals surface area (Å²) in [5.41, 5.74) is -0.0276. The number of hydrogen-bond acceptors (Lipinski definition) is 3. The minimum atomic E-state index is -0.935. The number of carboxylic acid groups (broad SMARTS) is 1. The van der Waals surface area contributed by atoms with E-state index in [0.717, 1.165) is 6.07 Å². The molecule has 1 saturated heterocycles. The van der Waals surface area contributed by atoms with Gasteiger partial charge < -0.3 is 10.0 Å². The zero-order chi connectivity index (χ0) is 17.5. The van der Waals surface area contributed by atoms with E-state index in [0.29, 0.717) is 31.5 Å². The van der Waals surface area contributed by atoms with Crippen LogP contribution in [0.1, 0.15) is 31.2 Å². The highest BCUT2D eigenvalue weighted by Crippen LogP contribution is 2.49. The Morgan fingerprint density at radius 3 is 2.83 bits per heavy atom. The number of hydrogen-bond donors (Lipinski definition) is 2. The van der Waals surface area contributed by atoms with Gasteiger partial charge >= 0.3 is 5.97 Å². The lowest BCUT2D eigenvalue weighted by molar-refractivity contribution is -0.136. The second-order valence-electron chi connectivity index (χ2n) is 6.93. The van der Waals surface area contributed by atoms with E-state index in [1.54, 1.807) is 4.90 Å². The van der Waals surface area contributed by atoms with Crippen LogP contribution in [0.15, 0.2) is 18.2 Å². The Bertz CT molecular complexity index is 682. The van der Waals surface area contributed by atoms with Crippen LogP contribution in [-0.2, 0) is 9.59 Å². The average Bonchev–Trinajstić information content (AvgIpc) is 3.20. The van der Waals surface area contributed by atoms with Crippen LogP contribution in [0.25, 0.3) is 0 Å². The van der Waals surface area contributed by atoms with Gasteiger partial charge in [0.05, 0.1) is 6.54 Å². The van der Waals surface area contributed by atoms with Gasteiger partial charge in [-0.15, -0.1) is 0 Å². The molecule has 5 nitrogen and oxygen atoms in total. The maximum Gasteiger partial charge on any atom is 0.317 e. The molecule has 130 valence electrons. The summed E-state index contributed by atoms with van der Waals surface area (Å²) in [7, 11) is 0. The predicted molar refractivity (Wildman–Crippen MR) is 82.4 cm³/mol. The number of carbonyl (C=O) groups is 2. The molecule has 1 amide bonds. The summed E-state index contributed by atoms with van der Waals surface area (Å²) in [6, 6.07) is 3.46. The smallest absolute Gasteiger partial charge is 0.317 e. The lowest BCUT2D eigenvalue weighted by atomic mass is 10.0. The molecular weight excluding hydrogens is 318 g/mol. The summed E-state index contributed by atoms with van der Waals surface area (Å²) in [5, 5.41) is 11.7. The molecule has 3 atom stereocenters. The fourth-order valence-corrected chi connectivity index (χ4v) is 3.43. The van der Waals surface area contributed by atoms with Crippen LogP contribution in [0.5, 0.6) is 0 Å². The van der Waals surface area contributed by atoms with Gasteiger partial charge in [0.2, 0.25) is 5.91 Å². The van der Waals surface area contributed by atoms with Gasteiger partial charge in [-0.25, -0.2) is 8.78 Å². The van der Waals surface area contributed by atoms with Crippen LogP contribution >= 0.6 is 0 Å². The first kappa shape index (κ1) is 16.8. The molecule has 1 aliphatic carbocycles. The molecule has 1 aromatic rings. The Kier molecular flexibility index (Phi) is 4.29. The largest absolute Gasteiger partial charge is 0.480 e. The van der Waals surface area contributed by atoms with Gasteiger partial charge in [-0.2, -0.15) is 0 Å². The third-order valence-corrected chi connectivity index (χ3v) is 4.92. The van der Waals surface area contributed by atoms with Crippen LogP contribution in [0.4, 0.5) is 8.78 Å². The van der Waals surface area contributed by atoms with Gasteiger partial charge in [0.1, 0.15) is 11.6 Å². The first-order valence-electron chi connectivity index (χ1n) is 8.00. The van der Waals surface area contributed by atoms with Crippen molar-refractivity contribution in [3.05, 3.63) is 35.4 Å². The molecule has 1 aromatic carbocycles. The second kappa shape index (κ2) is 6.12. The number of amides is 1. The maximum absolute atomic E-state index is 13.8. The van der Waals surface area contributed by atoms with Gasteiger partial charge in [-0.05, 0) is 37.3 Å². The van der Waals surface area contributed by atoms with E-state index in [2.05, 4.69) is 5.32 Å². The fraction of sp³-hybridized carbons (Fsp3) is 0.529. The fourth-order valence-electron chi connectivity index (χ4n) is 3.43. The first-order valence-corrected chi connectivity index (χ1v) is 8.00. The molecule has 1 saturated carbocycles. The molecule has 0 radical (unpaired) electrons. The Hall–Kier alpha value is -2.02. The summed E-state index contributed by atoms with van der Waals surface area (Å²) in [4.78, 5) is 25.0. The number of nitrogens with one attached hydrogen (secondary N) is 1. The molecule has 0 spiro atoms. The number of carboxylic acids is 1. The van der Waals surface area contributed by atoms with Gasteiger partial charge in [0, 0.05) is 30.6 Å². The minimum absolute atomic E-state index is 0.0374. The molecule has 7 heteroatoms. The predicted octanol–water partition coefficient (Wildman–Crippen LogP) is 1.73. The normalized spacial score (nSPS) is 28.9. The molecule has 24 heavy (non-hydrogen) atoms. The van der Waals surface area contributed by atoms with E-state index in [-0.39, 0.29) is 24.3 Å². The Labute approximate surface area is 138 Å². The van der Waals surface area contributed by atoms with E-state index in [4.69, 9.17) is 5.11 Å². The van der Waals surface area contributed by atoms with Crippen molar-refractivity contribution in [2.24, 2.45) is 5.92 Å². The molecule has 2 aliphatic rings. The van der Waals surface area contributed by atoms with Gasteiger partial charge in [-0.3, -0.25) is 14.9 Å². The summed E-state index contributed by atoms with van der Waals surface area (Å²) < 4.78 is 26.8. The molecule has 2 fully saturated rings. The first-order chi connectivity index (χ1) is 11.3. The van der Waals surface area contributed by atoms with Crippen LogP contribution < -0.4 is 5.32 Å². The van der Waals surface area contributed by atoms with E-state index < -0.39 is 23.1 Å². The highest BCUT2D eigenvalue weighted by Gasteiger charge is 2.49. The molecule has 0 bridgehead atoms. The van der Waals surface area contributed by atoms with Crippen molar-refractivity contribution in [3.8, 4) is 0 Å². The van der Waals surface area contributed by atoms with E-state index >= 15 is 0 Å². The highest BCUT2D eigenvalue weighted by atomic mass is 19.1. The molecular formula is C17H20F2N2O3. The number of aliphatic carboxylic acids is 1. The molecule has 1 aliphatic heterocycles. The van der Waals surface area contributed by atoms with Crippen molar-refractivity contribution in [2.75, 3.05) is 19.6 Å². The van der Waals surface area contributed by atoms with Crippen molar-refractivity contribution in [2.45, 2.75) is 31.2 Å². The third-order valence-electron chi connectivity index (χ3n) is 4.92. The van der Waals surface area contributed by atoms with Crippen molar-refractivity contribution < 1.29 is 23.5 Å². The lowest BCUT2D eigenvalue weighted by Gasteiger charge is -2.25. The molecule has 0 aromatic heterocycles. The summed E-state index contributed by atoms with van der Waals surface area (Å²) in [6.45, 7) is 2.74. The standard InChI is InChI=1S/C17H20F2N2O3/c1-17(20-8-15(22)23)4-5-21(9-17)16(24)13-7-12(13)11-3-2-10(18)6-14(11)19/h2-3,6,12-13,20H,4-5,7-9H2,1H3,(H,22,23)/t12-,13-,17+/m1/s1. The number of halogens is 2. The summed E-state index contributed by atoms with van der Waals surface area (Å²) in [5.74, 6) is -2.67. The number of benzene rings is 1.